The molecule has 0 bridgehead atoms. The molecule has 2 fully saturated rings. The van der Waals surface area contributed by atoms with Crippen LogP contribution in [0, 0.1) is 0 Å². The molecular formula is C13H26N2O2. The van der Waals surface area contributed by atoms with Gasteiger partial charge in [0, 0.05) is 31.7 Å². The summed E-state index contributed by atoms with van der Waals surface area (Å²) in [6.45, 7) is 9.82. The summed E-state index contributed by atoms with van der Waals surface area (Å²) in [4.78, 5) is 4.88. The summed E-state index contributed by atoms with van der Waals surface area (Å²) >= 11 is 0. The van der Waals surface area contributed by atoms with Crippen molar-refractivity contribution in [1.29, 1.82) is 0 Å². The minimum atomic E-state index is 0.292. The first-order chi connectivity index (χ1) is 8.20. The Morgan fingerprint density at radius 2 is 2.18 bits per heavy atom. The first-order valence-electron chi connectivity index (χ1n) is 6.91. The van der Waals surface area contributed by atoms with Crippen LogP contribution in [0.25, 0.3) is 0 Å². The normalized spacial score (nSPS) is 32.5. The average molecular weight is 242 g/mol. The third kappa shape index (κ3) is 3.41. The second-order valence-electron chi connectivity index (χ2n) is 5.56. The first-order valence-corrected chi connectivity index (χ1v) is 6.91. The standard InChI is InChI=1S/C13H26N2O2/c1-11(2)14-6-7-17-13(8-14)9-15-5-3-4-12(15)10-16/h11-13,16H,3-10H2,1-2H3/t12-,13?/m1/s1. The summed E-state index contributed by atoms with van der Waals surface area (Å²) in [7, 11) is 0. The second-order valence-corrected chi connectivity index (χ2v) is 5.56. The Hall–Kier alpha value is -0.160. The van der Waals surface area contributed by atoms with Crippen molar-refractivity contribution >= 4 is 0 Å². The molecule has 0 aliphatic carbocycles. The molecule has 2 saturated heterocycles. The van der Waals surface area contributed by atoms with Gasteiger partial charge in [0.2, 0.25) is 0 Å². The van der Waals surface area contributed by atoms with Crippen LogP contribution in [0.2, 0.25) is 0 Å². The molecule has 4 nitrogen and oxygen atoms in total. The highest BCUT2D eigenvalue weighted by Crippen LogP contribution is 2.19. The Bertz CT molecular complexity index is 235. The summed E-state index contributed by atoms with van der Waals surface area (Å²) in [5.74, 6) is 0. The molecule has 2 rings (SSSR count). The Morgan fingerprint density at radius 3 is 2.88 bits per heavy atom. The van der Waals surface area contributed by atoms with E-state index in [-0.39, 0.29) is 0 Å². The van der Waals surface area contributed by atoms with Crippen LogP contribution in [0.4, 0.5) is 0 Å². The van der Waals surface area contributed by atoms with Crippen LogP contribution >= 0.6 is 0 Å². The number of morpholine rings is 1. The van der Waals surface area contributed by atoms with E-state index in [0.717, 1.165) is 39.2 Å². The van der Waals surface area contributed by atoms with Crippen molar-refractivity contribution in [2.45, 2.75) is 44.9 Å². The molecule has 2 heterocycles. The molecule has 0 radical (unpaired) electrons. The summed E-state index contributed by atoms with van der Waals surface area (Å²) < 4.78 is 5.85. The second kappa shape index (κ2) is 6.14. The lowest BCUT2D eigenvalue weighted by Gasteiger charge is -2.37. The summed E-state index contributed by atoms with van der Waals surface area (Å²) in [5, 5.41) is 9.31. The van der Waals surface area contributed by atoms with E-state index in [9.17, 15) is 5.11 Å². The molecule has 0 aromatic rings. The van der Waals surface area contributed by atoms with Crippen LogP contribution in [-0.4, -0.2) is 72.5 Å². The van der Waals surface area contributed by atoms with Gasteiger partial charge in [-0.15, -0.1) is 0 Å². The summed E-state index contributed by atoms with van der Waals surface area (Å²) in [5.41, 5.74) is 0. The summed E-state index contributed by atoms with van der Waals surface area (Å²) in [6.07, 6.45) is 2.67. The maximum absolute atomic E-state index is 9.31. The van der Waals surface area contributed by atoms with Crippen LogP contribution in [-0.2, 0) is 4.74 Å². The van der Waals surface area contributed by atoms with Gasteiger partial charge in [-0.05, 0) is 33.2 Å². The molecular weight excluding hydrogens is 216 g/mol. The molecule has 0 amide bonds. The smallest absolute Gasteiger partial charge is 0.0829 e. The molecule has 17 heavy (non-hydrogen) atoms. The molecule has 1 unspecified atom stereocenters. The molecule has 2 atom stereocenters. The predicted molar refractivity (Wildman–Crippen MR) is 68.1 cm³/mol. The SMILES string of the molecule is CC(C)N1CCOC(CN2CCC[C@@H]2CO)C1. The Kier molecular flexibility index (Phi) is 4.79. The molecule has 0 aromatic carbocycles. The van der Waals surface area contributed by atoms with E-state index < -0.39 is 0 Å². The predicted octanol–water partition coefficient (Wildman–Crippen LogP) is 0.552. The van der Waals surface area contributed by atoms with E-state index in [1.165, 1.54) is 6.42 Å². The molecule has 4 heteroatoms. The lowest BCUT2D eigenvalue weighted by Crippen LogP contribution is -2.50. The largest absolute Gasteiger partial charge is 0.395 e. The Labute approximate surface area is 105 Å². The molecule has 0 spiro atoms. The highest BCUT2D eigenvalue weighted by Gasteiger charge is 2.29. The van der Waals surface area contributed by atoms with Gasteiger partial charge in [0.05, 0.1) is 19.3 Å². The highest BCUT2D eigenvalue weighted by molar-refractivity contribution is 4.83. The number of ether oxygens (including phenoxy) is 1. The fourth-order valence-electron chi connectivity index (χ4n) is 2.93. The van der Waals surface area contributed by atoms with Gasteiger partial charge in [0.25, 0.3) is 0 Å². The Balaban J connectivity index is 1.82. The molecule has 100 valence electrons. The van der Waals surface area contributed by atoms with E-state index in [4.69, 9.17) is 4.74 Å². The van der Waals surface area contributed by atoms with E-state index in [0.29, 0.717) is 24.8 Å². The molecule has 2 aliphatic rings. The molecule has 2 aliphatic heterocycles. The van der Waals surface area contributed by atoms with Gasteiger partial charge < -0.3 is 9.84 Å². The summed E-state index contributed by atoms with van der Waals surface area (Å²) in [6, 6.07) is 0.974. The lowest BCUT2D eigenvalue weighted by molar-refractivity contribution is -0.0553. The minimum Gasteiger partial charge on any atom is -0.395 e. The van der Waals surface area contributed by atoms with Crippen LogP contribution in [0.3, 0.4) is 0 Å². The first kappa shape index (κ1) is 13.3. The number of rotatable bonds is 4. The number of aliphatic hydroxyl groups is 1. The molecule has 1 N–H and O–H groups in total. The number of hydrogen-bond acceptors (Lipinski definition) is 4. The van der Waals surface area contributed by atoms with Gasteiger partial charge in [0.15, 0.2) is 0 Å². The van der Waals surface area contributed by atoms with Crippen LogP contribution in [0.5, 0.6) is 0 Å². The number of nitrogens with zero attached hydrogens (tertiary/aromatic N) is 2. The third-order valence-electron chi connectivity index (χ3n) is 4.05. The van der Waals surface area contributed by atoms with E-state index in [1.807, 2.05) is 0 Å². The van der Waals surface area contributed by atoms with Gasteiger partial charge in [0.1, 0.15) is 0 Å². The van der Waals surface area contributed by atoms with Crippen molar-refractivity contribution in [3.05, 3.63) is 0 Å². The van der Waals surface area contributed by atoms with Crippen molar-refractivity contribution in [2.24, 2.45) is 0 Å². The zero-order valence-electron chi connectivity index (χ0n) is 11.1. The topological polar surface area (TPSA) is 35.9 Å². The van der Waals surface area contributed by atoms with Gasteiger partial charge >= 0.3 is 0 Å². The number of hydrogen-bond donors (Lipinski definition) is 1. The quantitative estimate of drug-likeness (QED) is 0.781. The van der Waals surface area contributed by atoms with Crippen LogP contribution in [0.1, 0.15) is 26.7 Å². The Morgan fingerprint density at radius 1 is 1.35 bits per heavy atom. The van der Waals surface area contributed by atoms with Crippen molar-refractivity contribution < 1.29 is 9.84 Å². The van der Waals surface area contributed by atoms with E-state index in [2.05, 4.69) is 23.6 Å². The average Bonchev–Trinajstić information content (AvgIpc) is 2.76. The zero-order valence-corrected chi connectivity index (χ0v) is 11.1. The zero-order chi connectivity index (χ0) is 12.3. The van der Waals surface area contributed by atoms with Crippen molar-refractivity contribution in [1.82, 2.24) is 9.80 Å². The minimum absolute atomic E-state index is 0.292. The van der Waals surface area contributed by atoms with Crippen molar-refractivity contribution in [2.75, 3.05) is 39.4 Å². The van der Waals surface area contributed by atoms with Crippen LogP contribution in [0.15, 0.2) is 0 Å². The lowest BCUT2D eigenvalue weighted by atomic mass is 10.2. The third-order valence-corrected chi connectivity index (χ3v) is 4.05. The monoisotopic (exact) mass is 242 g/mol. The van der Waals surface area contributed by atoms with Crippen molar-refractivity contribution in [3.63, 3.8) is 0 Å². The highest BCUT2D eigenvalue weighted by atomic mass is 16.5. The van der Waals surface area contributed by atoms with Gasteiger partial charge in [-0.1, -0.05) is 0 Å². The fourth-order valence-corrected chi connectivity index (χ4v) is 2.93. The number of aliphatic hydroxyl groups excluding tert-OH is 1. The van der Waals surface area contributed by atoms with Crippen LogP contribution < -0.4 is 0 Å². The van der Waals surface area contributed by atoms with E-state index in [1.54, 1.807) is 0 Å². The maximum atomic E-state index is 9.31. The maximum Gasteiger partial charge on any atom is 0.0829 e. The number of likely N-dealkylation sites (tertiary alicyclic amines) is 1. The van der Waals surface area contributed by atoms with Gasteiger partial charge in [-0.25, -0.2) is 0 Å². The van der Waals surface area contributed by atoms with Gasteiger partial charge in [-0.3, -0.25) is 9.80 Å². The molecule has 0 saturated carbocycles. The fraction of sp³-hybridized carbons (Fsp3) is 1.00. The van der Waals surface area contributed by atoms with E-state index >= 15 is 0 Å². The molecule has 0 aromatic heterocycles. The van der Waals surface area contributed by atoms with Crippen molar-refractivity contribution in [3.8, 4) is 0 Å². The van der Waals surface area contributed by atoms with Gasteiger partial charge in [-0.2, -0.15) is 0 Å².